The van der Waals surface area contributed by atoms with Gasteiger partial charge in [-0.1, -0.05) is 18.5 Å². The smallest absolute Gasteiger partial charge is 0.150 e. The van der Waals surface area contributed by atoms with Gasteiger partial charge in [0.1, 0.15) is 17.8 Å². The highest BCUT2D eigenvalue weighted by Crippen LogP contribution is 2.31. The molecule has 0 N–H and O–H groups in total. The van der Waals surface area contributed by atoms with Gasteiger partial charge in [0.15, 0.2) is 0 Å². The van der Waals surface area contributed by atoms with E-state index >= 15 is 0 Å². The quantitative estimate of drug-likeness (QED) is 0.785. The highest BCUT2D eigenvalue weighted by atomic mass is 35.5. The topological polar surface area (TPSA) is 39.2 Å². The molecule has 2 rings (SSSR count). The number of hydrogen-bond acceptors (Lipinski definition) is 3. The Kier molecular flexibility index (Phi) is 4.17. The summed E-state index contributed by atoms with van der Waals surface area (Å²) < 4.78 is 5.78. The zero-order valence-corrected chi connectivity index (χ0v) is 11.6. The van der Waals surface area contributed by atoms with Gasteiger partial charge in [-0.2, -0.15) is 0 Å². The van der Waals surface area contributed by atoms with E-state index in [-0.39, 0.29) is 0 Å². The second-order valence-corrected chi connectivity index (χ2v) is 4.57. The first-order valence-electron chi connectivity index (χ1n) is 6.03. The fraction of sp³-hybridized carbons (Fsp3) is 0.200. The first kappa shape index (κ1) is 13.6. The van der Waals surface area contributed by atoms with Crippen LogP contribution in [0.2, 0.25) is 5.02 Å². The molecule has 1 heterocycles. The number of nitrogens with zero attached hydrogens (tertiary/aromatic N) is 1. The Morgan fingerprint density at radius 3 is 2.63 bits per heavy atom. The normalized spacial score (nSPS) is 10.3. The van der Waals surface area contributed by atoms with E-state index in [0.717, 1.165) is 24.1 Å². The molecule has 19 heavy (non-hydrogen) atoms. The molecular formula is C15H14ClNO2. The van der Waals surface area contributed by atoms with Crippen molar-refractivity contribution in [2.75, 3.05) is 0 Å². The maximum atomic E-state index is 10.7. The lowest BCUT2D eigenvalue weighted by Gasteiger charge is -2.11. The van der Waals surface area contributed by atoms with E-state index in [1.54, 1.807) is 18.2 Å². The molecule has 1 aromatic heterocycles. The molecule has 0 spiro atoms. The Hall–Kier alpha value is -1.87. The third kappa shape index (κ3) is 3.12. The van der Waals surface area contributed by atoms with Gasteiger partial charge in [0, 0.05) is 11.3 Å². The first-order valence-corrected chi connectivity index (χ1v) is 6.41. The third-order valence-electron chi connectivity index (χ3n) is 2.72. The van der Waals surface area contributed by atoms with Gasteiger partial charge in [-0.15, -0.1) is 0 Å². The number of aldehydes is 1. The van der Waals surface area contributed by atoms with Crippen molar-refractivity contribution in [3.63, 3.8) is 0 Å². The molecule has 1 aromatic carbocycles. The molecule has 4 heteroatoms. The summed E-state index contributed by atoms with van der Waals surface area (Å²) >= 11 is 6.08. The number of hydrogen-bond donors (Lipinski definition) is 0. The minimum Gasteiger partial charge on any atom is -0.454 e. The number of aromatic nitrogens is 1. The van der Waals surface area contributed by atoms with Crippen molar-refractivity contribution >= 4 is 17.9 Å². The number of aryl methyl sites for hydroxylation is 2. The van der Waals surface area contributed by atoms with Crippen LogP contribution in [-0.2, 0) is 6.42 Å². The average Bonchev–Trinajstić information content (AvgIpc) is 2.42. The van der Waals surface area contributed by atoms with Crippen molar-refractivity contribution in [2.45, 2.75) is 20.3 Å². The van der Waals surface area contributed by atoms with Gasteiger partial charge in [-0.3, -0.25) is 9.78 Å². The number of benzene rings is 1. The monoisotopic (exact) mass is 275 g/mol. The summed E-state index contributed by atoms with van der Waals surface area (Å²) in [5.41, 5.74) is 2.36. The van der Waals surface area contributed by atoms with E-state index < -0.39 is 0 Å². The van der Waals surface area contributed by atoms with Gasteiger partial charge in [-0.25, -0.2) is 0 Å². The van der Waals surface area contributed by atoms with Crippen molar-refractivity contribution in [2.24, 2.45) is 0 Å². The van der Waals surface area contributed by atoms with E-state index in [4.69, 9.17) is 16.3 Å². The number of halogens is 1. The second kappa shape index (κ2) is 5.85. The highest BCUT2D eigenvalue weighted by Gasteiger charge is 2.08. The Bertz CT molecular complexity index is 611. The molecular weight excluding hydrogens is 262 g/mol. The lowest BCUT2D eigenvalue weighted by atomic mass is 10.2. The molecule has 0 saturated carbocycles. The molecule has 98 valence electrons. The molecule has 0 bridgehead atoms. The zero-order valence-electron chi connectivity index (χ0n) is 10.8. The van der Waals surface area contributed by atoms with Crippen LogP contribution < -0.4 is 4.74 Å². The summed E-state index contributed by atoms with van der Waals surface area (Å²) in [4.78, 5) is 15.1. The van der Waals surface area contributed by atoms with Crippen LogP contribution in [0.1, 0.15) is 28.7 Å². The van der Waals surface area contributed by atoms with E-state index in [9.17, 15) is 4.79 Å². The largest absolute Gasteiger partial charge is 0.454 e. The van der Waals surface area contributed by atoms with Crippen LogP contribution in [0.4, 0.5) is 0 Å². The number of rotatable bonds is 4. The van der Waals surface area contributed by atoms with Gasteiger partial charge < -0.3 is 4.74 Å². The minimum absolute atomic E-state index is 0.409. The Balaban J connectivity index is 2.33. The van der Waals surface area contributed by atoms with Crippen molar-refractivity contribution in [1.29, 1.82) is 0 Å². The van der Waals surface area contributed by atoms with Crippen LogP contribution in [0.25, 0.3) is 0 Å². The summed E-state index contributed by atoms with van der Waals surface area (Å²) in [5.74, 6) is 1.21. The molecule has 0 aliphatic carbocycles. The van der Waals surface area contributed by atoms with E-state index in [1.165, 1.54) is 0 Å². The first-order chi connectivity index (χ1) is 9.13. The predicted molar refractivity (Wildman–Crippen MR) is 75.3 cm³/mol. The maximum Gasteiger partial charge on any atom is 0.150 e. The standard InChI is InChI=1S/C15H14ClNO2/c1-3-13-15(6-4-10(2)17-13)19-14-7-5-11(9-18)8-12(14)16/h4-9H,3H2,1-2H3. The highest BCUT2D eigenvalue weighted by molar-refractivity contribution is 6.32. The summed E-state index contributed by atoms with van der Waals surface area (Å²) in [6.07, 6.45) is 1.53. The molecule has 0 atom stereocenters. The molecule has 0 radical (unpaired) electrons. The Labute approximate surface area is 117 Å². The Morgan fingerprint density at radius 2 is 2.00 bits per heavy atom. The molecule has 0 fully saturated rings. The van der Waals surface area contributed by atoms with Crippen molar-refractivity contribution < 1.29 is 9.53 Å². The zero-order chi connectivity index (χ0) is 13.8. The van der Waals surface area contributed by atoms with Crippen molar-refractivity contribution in [3.05, 3.63) is 52.3 Å². The molecule has 0 saturated heterocycles. The summed E-state index contributed by atoms with van der Waals surface area (Å²) in [7, 11) is 0. The van der Waals surface area contributed by atoms with Crippen LogP contribution in [-0.4, -0.2) is 11.3 Å². The fourth-order valence-corrected chi connectivity index (χ4v) is 1.96. The minimum atomic E-state index is 0.409. The van der Waals surface area contributed by atoms with E-state index in [0.29, 0.717) is 22.1 Å². The molecule has 0 unspecified atom stereocenters. The van der Waals surface area contributed by atoms with E-state index in [1.807, 2.05) is 26.0 Å². The third-order valence-corrected chi connectivity index (χ3v) is 3.01. The average molecular weight is 276 g/mol. The molecule has 3 nitrogen and oxygen atoms in total. The van der Waals surface area contributed by atoms with Crippen LogP contribution in [0, 0.1) is 6.92 Å². The number of carbonyl (C=O) groups is 1. The number of ether oxygens (including phenoxy) is 1. The second-order valence-electron chi connectivity index (χ2n) is 4.16. The van der Waals surface area contributed by atoms with Gasteiger partial charge in [0.2, 0.25) is 0 Å². The SMILES string of the molecule is CCc1nc(C)ccc1Oc1ccc(C=O)cc1Cl. The Morgan fingerprint density at radius 1 is 1.26 bits per heavy atom. The van der Waals surface area contributed by atoms with Gasteiger partial charge >= 0.3 is 0 Å². The van der Waals surface area contributed by atoms with Crippen molar-refractivity contribution in [3.8, 4) is 11.5 Å². The predicted octanol–water partition coefficient (Wildman–Crippen LogP) is 4.21. The summed E-state index contributed by atoms with van der Waals surface area (Å²) in [6.45, 7) is 3.96. The summed E-state index contributed by atoms with van der Waals surface area (Å²) in [5, 5.41) is 0.409. The van der Waals surface area contributed by atoms with Crippen LogP contribution in [0.5, 0.6) is 11.5 Å². The van der Waals surface area contributed by atoms with Gasteiger partial charge in [0.05, 0.1) is 10.7 Å². The number of carbonyl (C=O) groups excluding carboxylic acids is 1. The number of pyridine rings is 1. The lowest BCUT2D eigenvalue weighted by Crippen LogP contribution is -1.96. The van der Waals surface area contributed by atoms with Gasteiger partial charge in [0.25, 0.3) is 0 Å². The molecule has 2 aromatic rings. The maximum absolute atomic E-state index is 10.7. The van der Waals surface area contributed by atoms with Gasteiger partial charge in [-0.05, 0) is 43.7 Å². The van der Waals surface area contributed by atoms with Crippen LogP contribution in [0.3, 0.4) is 0 Å². The van der Waals surface area contributed by atoms with Crippen LogP contribution in [0.15, 0.2) is 30.3 Å². The fourth-order valence-electron chi connectivity index (χ4n) is 1.74. The molecule has 0 aliphatic heterocycles. The van der Waals surface area contributed by atoms with Crippen molar-refractivity contribution in [1.82, 2.24) is 4.98 Å². The molecule has 0 aliphatic rings. The molecule has 0 amide bonds. The lowest BCUT2D eigenvalue weighted by molar-refractivity contribution is 0.112. The van der Waals surface area contributed by atoms with Crippen LogP contribution >= 0.6 is 11.6 Å². The van der Waals surface area contributed by atoms with E-state index in [2.05, 4.69) is 4.98 Å². The summed E-state index contributed by atoms with van der Waals surface area (Å²) in [6, 6.07) is 8.71.